The van der Waals surface area contributed by atoms with Crippen molar-refractivity contribution >= 4 is 6.09 Å². The van der Waals surface area contributed by atoms with E-state index in [0.29, 0.717) is 18.4 Å². The Bertz CT molecular complexity index is 1440. The summed E-state index contributed by atoms with van der Waals surface area (Å²) in [5.41, 5.74) is 5.55. The van der Waals surface area contributed by atoms with E-state index in [-0.39, 0.29) is 19.5 Å². The van der Waals surface area contributed by atoms with Crippen molar-refractivity contribution in [2.24, 2.45) is 5.92 Å². The Morgan fingerprint density at radius 1 is 0.974 bits per heavy atom. The van der Waals surface area contributed by atoms with Crippen LogP contribution in [-0.2, 0) is 11.3 Å². The molecule has 39 heavy (non-hydrogen) atoms. The van der Waals surface area contributed by atoms with Crippen LogP contribution in [0.2, 0.25) is 0 Å². The minimum Gasteiger partial charge on any atom is -0.454 e. The number of hydrogen-bond acceptors (Lipinski definition) is 6. The summed E-state index contributed by atoms with van der Waals surface area (Å²) in [6.45, 7) is 3.13. The van der Waals surface area contributed by atoms with E-state index in [4.69, 9.17) is 24.2 Å². The van der Waals surface area contributed by atoms with Gasteiger partial charge in [-0.25, -0.2) is 9.78 Å². The SMILES string of the molecule is Cc1cccc(-c2[nH]c(C3CCC(CNC(=O)OCc4ccccc4)CC3)nc2-c2ccc3c(c2)OCO3)n1. The molecule has 2 aliphatic rings. The predicted molar refractivity (Wildman–Crippen MR) is 147 cm³/mol. The van der Waals surface area contributed by atoms with E-state index in [1.807, 2.05) is 73.7 Å². The molecule has 0 radical (unpaired) electrons. The number of H-pyrrole nitrogens is 1. The average molecular weight is 525 g/mol. The minimum atomic E-state index is -0.365. The highest BCUT2D eigenvalue weighted by atomic mass is 16.7. The molecule has 1 fully saturated rings. The van der Waals surface area contributed by atoms with Gasteiger partial charge in [0.05, 0.1) is 17.1 Å². The van der Waals surface area contributed by atoms with E-state index in [9.17, 15) is 4.79 Å². The normalized spacial score (nSPS) is 18.1. The third-order valence-corrected chi connectivity index (χ3v) is 7.49. The van der Waals surface area contributed by atoms with Gasteiger partial charge < -0.3 is 24.5 Å². The fourth-order valence-corrected chi connectivity index (χ4v) is 5.35. The van der Waals surface area contributed by atoms with Gasteiger partial charge in [-0.05, 0) is 74.4 Å². The summed E-state index contributed by atoms with van der Waals surface area (Å²) in [5, 5.41) is 2.94. The molecule has 0 spiro atoms. The van der Waals surface area contributed by atoms with Gasteiger partial charge in [-0.1, -0.05) is 36.4 Å². The molecule has 1 saturated carbocycles. The fraction of sp³-hybridized carbons (Fsp3) is 0.323. The topological polar surface area (TPSA) is 98.4 Å². The first-order valence-electron chi connectivity index (χ1n) is 13.5. The predicted octanol–water partition coefficient (Wildman–Crippen LogP) is 6.38. The number of alkyl carbamates (subject to hydrolysis) is 1. The van der Waals surface area contributed by atoms with Crippen LogP contribution in [0.4, 0.5) is 4.79 Å². The Morgan fingerprint density at radius 2 is 1.79 bits per heavy atom. The molecule has 2 aromatic carbocycles. The van der Waals surface area contributed by atoms with Crippen LogP contribution in [0.3, 0.4) is 0 Å². The standard InChI is InChI=1S/C31H32N4O4/c1-20-6-5-9-25(33-20)29-28(24-14-15-26-27(16-24)39-19-38-26)34-30(35-29)23-12-10-21(11-13-23)17-32-31(36)37-18-22-7-3-2-4-8-22/h2-9,14-16,21,23H,10-13,17-19H2,1H3,(H,32,36)(H,34,35). The Balaban J connectivity index is 1.12. The summed E-state index contributed by atoms with van der Waals surface area (Å²) in [7, 11) is 0. The van der Waals surface area contributed by atoms with Crippen LogP contribution in [0.25, 0.3) is 22.6 Å². The molecule has 1 aliphatic carbocycles. The lowest BCUT2D eigenvalue weighted by Crippen LogP contribution is -2.31. The number of carbonyl (C=O) groups excluding carboxylic acids is 1. The van der Waals surface area contributed by atoms with E-state index in [1.165, 1.54) is 0 Å². The summed E-state index contributed by atoms with van der Waals surface area (Å²) in [4.78, 5) is 25.7. The van der Waals surface area contributed by atoms with E-state index >= 15 is 0 Å². The first-order valence-corrected chi connectivity index (χ1v) is 13.5. The third kappa shape index (κ3) is 5.74. The zero-order valence-corrected chi connectivity index (χ0v) is 22.0. The second kappa shape index (κ2) is 11.2. The van der Waals surface area contributed by atoms with E-state index in [2.05, 4.69) is 10.3 Å². The Labute approximate surface area is 227 Å². The first kappa shape index (κ1) is 25.0. The maximum Gasteiger partial charge on any atom is 0.407 e. The lowest BCUT2D eigenvalue weighted by atomic mass is 9.81. The molecule has 200 valence electrons. The molecule has 1 amide bonds. The van der Waals surface area contributed by atoms with Crippen molar-refractivity contribution < 1.29 is 19.0 Å². The number of fused-ring (bicyclic) bond motifs is 1. The number of ether oxygens (including phenoxy) is 3. The summed E-state index contributed by atoms with van der Waals surface area (Å²) in [6, 6.07) is 21.7. The number of aromatic amines is 1. The molecule has 2 aromatic heterocycles. The van der Waals surface area contributed by atoms with Gasteiger partial charge in [-0.15, -0.1) is 0 Å². The number of hydrogen-bond donors (Lipinski definition) is 2. The summed E-state index contributed by atoms with van der Waals surface area (Å²) >= 11 is 0. The van der Waals surface area contributed by atoms with Crippen molar-refractivity contribution in [3.8, 4) is 34.1 Å². The van der Waals surface area contributed by atoms with Crippen LogP contribution in [0.1, 0.15) is 48.7 Å². The fourth-order valence-electron chi connectivity index (χ4n) is 5.35. The molecule has 0 atom stereocenters. The highest BCUT2D eigenvalue weighted by Gasteiger charge is 2.27. The molecule has 6 rings (SSSR count). The number of amides is 1. The first-order chi connectivity index (χ1) is 19.1. The number of aromatic nitrogens is 3. The number of nitrogens with one attached hydrogen (secondary N) is 2. The van der Waals surface area contributed by atoms with Crippen molar-refractivity contribution in [1.29, 1.82) is 0 Å². The molecule has 1 aliphatic heterocycles. The number of imidazole rings is 1. The zero-order valence-electron chi connectivity index (χ0n) is 22.0. The highest BCUT2D eigenvalue weighted by molar-refractivity contribution is 5.78. The molecule has 2 N–H and O–H groups in total. The van der Waals surface area contributed by atoms with Crippen molar-refractivity contribution in [2.45, 2.75) is 45.1 Å². The number of nitrogens with zero attached hydrogens (tertiary/aromatic N) is 2. The number of pyridine rings is 1. The number of rotatable bonds is 7. The van der Waals surface area contributed by atoms with E-state index in [0.717, 1.165) is 76.9 Å². The molecular formula is C31H32N4O4. The van der Waals surface area contributed by atoms with Crippen LogP contribution in [-0.4, -0.2) is 34.4 Å². The van der Waals surface area contributed by atoms with Crippen molar-refractivity contribution in [1.82, 2.24) is 20.3 Å². The van der Waals surface area contributed by atoms with Crippen LogP contribution in [0, 0.1) is 12.8 Å². The van der Waals surface area contributed by atoms with Crippen LogP contribution in [0.5, 0.6) is 11.5 Å². The number of aryl methyl sites for hydroxylation is 1. The van der Waals surface area contributed by atoms with E-state index < -0.39 is 0 Å². The Kier molecular flexibility index (Phi) is 7.17. The van der Waals surface area contributed by atoms with Gasteiger partial charge in [0.1, 0.15) is 12.4 Å². The minimum absolute atomic E-state index is 0.236. The number of carbonyl (C=O) groups is 1. The van der Waals surface area contributed by atoms with E-state index in [1.54, 1.807) is 0 Å². The Morgan fingerprint density at radius 3 is 2.62 bits per heavy atom. The van der Waals surface area contributed by atoms with Gasteiger partial charge in [-0.2, -0.15) is 0 Å². The molecule has 0 unspecified atom stereocenters. The van der Waals surface area contributed by atoms with Crippen molar-refractivity contribution in [3.05, 3.63) is 83.8 Å². The third-order valence-electron chi connectivity index (χ3n) is 7.49. The highest BCUT2D eigenvalue weighted by Crippen LogP contribution is 2.41. The summed E-state index contributed by atoms with van der Waals surface area (Å²) < 4.78 is 16.5. The summed E-state index contributed by atoms with van der Waals surface area (Å²) in [6.07, 6.45) is 3.67. The van der Waals surface area contributed by atoms with Gasteiger partial charge in [0.15, 0.2) is 11.5 Å². The Hall–Kier alpha value is -4.33. The largest absolute Gasteiger partial charge is 0.454 e. The average Bonchev–Trinajstić information content (AvgIpc) is 3.63. The number of benzene rings is 2. The lowest BCUT2D eigenvalue weighted by Gasteiger charge is -2.27. The van der Waals surface area contributed by atoms with Crippen LogP contribution < -0.4 is 14.8 Å². The van der Waals surface area contributed by atoms with Crippen LogP contribution >= 0.6 is 0 Å². The van der Waals surface area contributed by atoms with Gasteiger partial charge in [0.2, 0.25) is 6.79 Å². The smallest absolute Gasteiger partial charge is 0.407 e. The second-order valence-electron chi connectivity index (χ2n) is 10.2. The van der Waals surface area contributed by atoms with Crippen LogP contribution in [0.15, 0.2) is 66.7 Å². The van der Waals surface area contributed by atoms with Gasteiger partial charge in [-0.3, -0.25) is 4.98 Å². The molecule has 4 aromatic rings. The monoisotopic (exact) mass is 524 g/mol. The quantitative estimate of drug-likeness (QED) is 0.291. The molecule has 8 nitrogen and oxygen atoms in total. The lowest BCUT2D eigenvalue weighted by molar-refractivity contribution is 0.136. The maximum atomic E-state index is 12.2. The maximum absolute atomic E-state index is 12.2. The van der Waals surface area contributed by atoms with Gasteiger partial charge in [0, 0.05) is 23.7 Å². The molecule has 0 bridgehead atoms. The van der Waals surface area contributed by atoms with Gasteiger partial charge >= 0.3 is 6.09 Å². The molecular weight excluding hydrogens is 492 g/mol. The molecule has 8 heteroatoms. The van der Waals surface area contributed by atoms with Crippen molar-refractivity contribution in [2.75, 3.05) is 13.3 Å². The second-order valence-corrected chi connectivity index (χ2v) is 10.2. The molecule has 3 heterocycles. The molecule has 0 saturated heterocycles. The van der Waals surface area contributed by atoms with Crippen molar-refractivity contribution in [3.63, 3.8) is 0 Å². The van der Waals surface area contributed by atoms with Gasteiger partial charge in [0.25, 0.3) is 0 Å². The summed E-state index contributed by atoms with van der Waals surface area (Å²) in [5.74, 6) is 3.20. The zero-order chi connectivity index (χ0) is 26.6.